The van der Waals surface area contributed by atoms with Gasteiger partial charge in [0.25, 0.3) is 0 Å². The van der Waals surface area contributed by atoms with Crippen LogP contribution < -0.4 is 5.73 Å². The quantitative estimate of drug-likeness (QED) is 0.735. The van der Waals surface area contributed by atoms with Crippen LogP contribution >= 0.6 is 0 Å². The molecular formula is C10H15N3O2. The Balaban J connectivity index is 2.99. The largest absolute Gasteiger partial charge is 0.480 e. The number of carbonyl (C=O) groups is 1. The van der Waals surface area contributed by atoms with Crippen LogP contribution in [0.5, 0.6) is 0 Å². The van der Waals surface area contributed by atoms with E-state index in [4.69, 9.17) is 10.8 Å². The van der Waals surface area contributed by atoms with E-state index in [0.29, 0.717) is 0 Å². The highest BCUT2D eigenvalue weighted by Crippen LogP contribution is 2.20. The fourth-order valence-electron chi connectivity index (χ4n) is 1.52. The predicted molar refractivity (Wildman–Crippen MR) is 56.3 cm³/mol. The number of hydrogen-bond acceptors (Lipinski definition) is 4. The maximum absolute atomic E-state index is 10.9. The van der Waals surface area contributed by atoms with Gasteiger partial charge in [-0.05, 0) is 31.8 Å². The minimum absolute atomic E-state index is 0.342. The van der Waals surface area contributed by atoms with Gasteiger partial charge in [-0.1, -0.05) is 0 Å². The SMILES string of the molecule is CN(C)C(c1ccncc1)C(N)C(=O)O. The zero-order valence-electron chi connectivity index (χ0n) is 8.79. The molecule has 0 fully saturated rings. The Hall–Kier alpha value is -1.46. The molecule has 1 heterocycles. The van der Waals surface area contributed by atoms with E-state index in [1.807, 2.05) is 0 Å². The third-order valence-electron chi connectivity index (χ3n) is 2.23. The standard InChI is InChI=1S/C10H15N3O2/c1-13(2)9(8(11)10(14)15)7-3-5-12-6-4-7/h3-6,8-9H,11H2,1-2H3,(H,14,15). The molecule has 1 rings (SSSR count). The van der Waals surface area contributed by atoms with Gasteiger partial charge < -0.3 is 15.7 Å². The summed E-state index contributed by atoms with van der Waals surface area (Å²) in [6.07, 6.45) is 3.25. The molecule has 0 radical (unpaired) electrons. The van der Waals surface area contributed by atoms with Gasteiger partial charge >= 0.3 is 5.97 Å². The molecule has 2 atom stereocenters. The minimum Gasteiger partial charge on any atom is -0.480 e. The lowest BCUT2D eigenvalue weighted by Crippen LogP contribution is -2.43. The Morgan fingerprint density at radius 1 is 1.47 bits per heavy atom. The third-order valence-corrected chi connectivity index (χ3v) is 2.23. The van der Waals surface area contributed by atoms with E-state index in [1.165, 1.54) is 0 Å². The van der Waals surface area contributed by atoms with Gasteiger partial charge in [0.15, 0.2) is 0 Å². The van der Waals surface area contributed by atoms with Crippen LogP contribution in [0.4, 0.5) is 0 Å². The third kappa shape index (κ3) is 2.74. The molecule has 0 bridgehead atoms. The number of nitrogens with zero attached hydrogens (tertiary/aromatic N) is 2. The van der Waals surface area contributed by atoms with Crippen molar-refractivity contribution in [1.82, 2.24) is 9.88 Å². The Morgan fingerprint density at radius 3 is 2.40 bits per heavy atom. The van der Waals surface area contributed by atoms with E-state index in [2.05, 4.69) is 4.98 Å². The molecule has 0 spiro atoms. The van der Waals surface area contributed by atoms with Gasteiger partial charge in [0.1, 0.15) is 6.04 Å². The van der Waals surface area contributed by atoms with Crippen LogP contribution in [0.25, 0.3) is 0 Å². The van der Waals surface area contributed by atoms with Crippen LogP contribution in [0.2, 0.25) is 0 Å². The van der Waals surface area contributed by atoms with Crippen molar-refractivity contribution in [3.63, 3.8) is 0 Å². The van der Waals surface area contributed by atoms with Crippen molar-refractivity contribution in [2.24, 2.45) is 5.73 Å². The van der Waals surface area contributed by atoms with Gasteiger partial charge in [-0.3, -0.25) is 9.78 Å². The lowest BCUT2D eigenvalue weighted by molar-refractivity contribution is -0.140. The zero-order valence-corrected chi connectivity index (χ0v) is 8.79. The fourth-order valence-corrected chi connectivity index (χ4v) is 1.52. The first-order valence-electron chi connectivity index (χ1n) is 4.58. The van der Waals surface area contributed by atoms with E-state index < -0.39 is 12.0 Å². The van der Waals surface area contributed by atoms with Crippen LogP contribution in [0, 0.1) is 0 Å². The average Bonchev–Trinajstić information content (AvgIpc) is 2.18. The van der Waals surface area contributed by atoms with Crippen molar-refractivity contribution in [3.05, 3.63) is 30.1 Å². The van der Waals surface area contributed by atoms with E-state index in [-0.39, 0.29) is 6.04 Å². The van der Waals surface area contributed by atoms with Gasteiger partial charge in [-0.25, -0.2) is 0 Å². The summed E-state index contributed by atoms with van der Waals surface area (Å²) < 4.78 is 0. The second-order valence-electron chi connectivity index (χ2n) is 3.55. The molecule has 82 valence electrons. The second-order valence-corrected chi connectivity index (χ2v) is 3.55. The molecule has 3 N–H and O–H groups in total. The number of rotatable bonds is 4. The number of likely N-dealkylation sites (N-methyl/N-ethyl adjacent to an activating group) is 1. The molecule has 0 aliphatic rings. The molecule has 1 aromatic rings. The van der Waals surface area contributed by atoms with Crippen molar-refractivity contribution in [3.8, 4) is 0 Å². The summed E-state index contributed by atoms with van der Waals surface area (Å²) in [7, 11) is 3.60. The molecule has 0 aliphatic carbocycles. The summed E-state index contributed by atoms with van der Waals surface area (Å²) in [6, 6.07) is 2.26. The highest BCUT2D eigenvalue weighted by atomic mass is 16.4. The molecule has 5 heteroatoms. The second kappa shape index (κ2) is 4.86. The van der Waals surface area contributed by atoms with Gasteiger partial charge in [-0.15, -0.1) is 0 Å². The van der Waals surface area contributed by atoms with Crippen molar-refractivity contribution >= 4 is 5.97 Å². The Bertz CT molecular complexity index is 327. The molecule has 0 saturated carbocycles. The maximum Gasteiger partial charge on any atom is 0.322 e. The van der Waals surface area contributed by atoms with Gasteiger partial charge in [-0.2, -0.15) is 0 Å². The Labute approximate surface area is 88.5 Å². The number of aromatic nitrogens is 1. The molecular weight excluding hydrogens is 194 g/mol. The maximum atomic E-state index is 10.9. The number of pyridine rings is 1. The molecule has 0 amide bonds. The summed E-state index contributed by atoms with van der Waals surface area (Å²) in [4.78, 5) is 16.5. The number of carboxylic acid groups (broad SMARTS) is 1. The summed E-state index contributed by atoms with van der Waals surface area (Å²) in [6.45, 7) is 0. The van der Waals surface area contributed by atoms with E-state index in [9.17, 15) is 4.79 Å². The number of aliphatic carboxylic acids is 1. The molecule has 2 unspecified atom stereocenters. The summed E-state index contributed by atoms with van der Waals surface area (Å²) in [5.74, 6) is -1.01. The molecule has 5 nitrogen and oxygen atoms in total. The first kappa shape index (κ1) is 11.6. The van der Waals surface area contributed by atoms with E-state index >= 15 is 0 Å². The highest BCUT2D eigenvalue weighted by molar-refractivity contribution is 5.74. The average molecular weight is 209 g/mol. The summed E-state index contributed by atoms with van der Waals surface area (Å²) in [5, 5.41) is 8.90. The normalized spacial score (nSPS) is 14.9. The topological polar surface area (TPSA) is 79.5 Å². The highest BCUT2D eigenvalue weighted by Gasteiger charge is 2.27. The predicted octanol–water partition coefficient (Wildman–Crippen LogP) is 0.0962. The number of carboxylic acids is 1. The van der Waals surface area contributed by atoms with Crippen LogP contribution in [0.3, 0.4) is 0 Å². The van der Waals surface area contributed by atoms with Gasteiger partial charge in [0.2, 0.25) is 0 Å². The van der Waals surface area contributed by atoms with Crippen molar-refractivity contribution in [2.75, 3.05) is 14.1 Å². The summed E-state index contributed by atoms with van der Waals surface area (Å²) >= 11 is 0. The van der Waals surface area contributed by atoms with E-state index in [1.54, 1.807) is 43.5 Å². The minimum atomic E-state index is -1.01. The Kier molecular flexibility index (Phi) is 3.76. The van der Waals surface area contributed by atoms with E-state index in [0.717, 1.165) is 5.56 Å². The molecule has 15 heavy (non-hydrogen) atoms. The zero-order chi connectivity index (χ0) is 11.4. The van der Waals surface area contributed by atoms with Crippen LogP contribution in [0.15, 0.2) is 24.5 Å². The van der Waals surface area contributed by atoms with Crippen LogP contribution in [0.1, 0.15) is 11.6 Å². The lowest BCUT2D eigenvalue weighted by Gasteiger charge is -2.27. The van der Waals surface area contributed by atoms with Gasteiger partial charge in [0, 0.05) is 12.4 Å². The van der Waals surface area contributed by atoms with Crippen molar-refractivity contribution in [1.29, 1.82) is 0 Å². The summed E-state index contributed by atoms with van der Waals surface area (Å²) in [5.41, 5.74) is 6.48. The molecule has 1 aromatic heterocycles. The molecule has 0 saturated heterocycles. The molecule has 0 aliphatic heterocycles. The number of nitrogens with two attached hydrogens (primary N) is 1. The Morgan fingerprint density at radius 2 is 2.00 bits per heavy atom. The van der Waals surface area contributed by atoms with Crippen molar-refractivity contribution < 1.29 is 9.90 Å². The smallest absolute Gasteiger partial charge is 0.322 e. The lowest BCUT2D eigenvalue weighted by atomic mass is 10.0. The first-order valence-corrected chi connectivity index (χ1v) is 4.58. The fraction of sp³-hybridized carbons (Fsp3) is 0.400. The van der Waals surface area contributed by atoms with Crippen molar-refractivity contribution in [2.45, 2.75) is 12.1 Å². The number of hydrogen-bond donors (Lipinski definition) is 2. The van der Waals surface area contributed by atoms with Crippen LogP contribution in [-0.4, -0.2) is 41.1 Å². The van der Waals surface area contributed by atoms with Crippen LogP contribution in [-0.2, 0) is 4.79 Å². The monoisotopic (exact) mass is 209 g/mol. The first-order chi connectivity index (χ1) is 7.04. The molecule has 0 aromatic carbocycles. The van der Waals surface area contributed by atoms with Gasteiger partial charge in [0.05, 0.1) is 6.04 Å².